The van der Waals surface area contributed by atoms with Gasteiger partial charge in [0.25, 0.3) is 0 Å². The zero-order valence-corrected chi connectivity index (χ0v) is 15.7. The highest BCUT2D eigenvalue weighted by Crippen LogP contribution is 2.30. The molecule has 0 bridgehead atoms. The SMILES string of the molecule is CNCCC(CCc1ccc2c(c1)CCC2)c1ccc2scnc2c1. The summed E-state index contributed by atoms with van der Waals surface area (Å²) < 4.78 is 1.29. The zero-order chi connectivity index (χ0) is 17.1. The fourth-order valence-electron chi connectivity index (χ4n) is 4.05. The highest BCUT2D eigenvalue weighted by Gasteiger charge is 2.15. The molecule has 0 spiro atoms. The monoisotopic (exact) mass is 350 g/mol. The van der Waals surface area contributed by atoms with E-state index in [-0.39, 0.29) is 0 Å². The molecule has 0 radical (unpaired) electrons. The first-order chi connectivity index (χ1) is 12.3. The van der Waals surface area contributed by atoms with Crippen LogP contribution < -0.4 is 5.32 Å². The van der Waals surface area contributed by atoms with Crippen LogP contribution in [0.3, 0.4) is 0 Å². The van der Waals surface area contributed by atoms with Crippen LogP contribution in [-0.2, 0) is 19.3 Å². The van der Waals surface area contributed by atoms with Gasteiger partial charge in [0.05, 0.1) is 15.7 Å². The molecule has 0 amide bonds. The minimum absolute atomic E-state index is 0.590. The largest absolute Gasteiger partial charge is 0.320 e. The maximum atomic E-state index is 4.50. The van der Waals surface area contributed by atoms with E-state index >= 15 is 0 Å². The number of benzene rings is 2. The molecule has 1 aliphatic rings. The predicted molar refractivity (Wildman–Crippen MR) is 108 cm³/mol. The fourth-order valence-corrected chi connectivity index (χ4v) is 4.71. The molecule has 2 nitrogen and oxygen atoms in total. The summed E-state index contributed by atoms with van der Waals surface area (Å²) in [5.74, 6) is 0.590. The Morgan fingerprint density at radius 2 is 2.00 bits per heavy atom. The van der Waals surface area contributed by atoms with E-state index in [1.807, 2.05) is 12.6 Å². The molecule has 1 atom stereocenters. The smallest absolute Gasteiger partial charge is 0.0814 e. The molecule has 1 aromatic heterocycles. The van der Waals surface area contributed by atoms with Crippen molar-refractivity contribution in [3.8, 4) is 0 Å². The van der Waals surface area contributed by atoms with Gasteiger partial charge in [-0.25, -0.2) is 4.98 Å². The normalized spacial score (nSPS) is 14.8. The lowest BCUT2D eigenvalue weighted by Crippen LogP contribution is -2.13. The number of hydrogen-bond donors (Lipinski definition) is 1. The minimum atomic E-state index is 0.590. The maximum absolute atomic E-state index is 4.50. The number of thiazole rings is 1. The number of nitrogens with one attached hydrogen (secondary N) is 1. The Kier molecular flexibility index (Phi) is 5.14. The lowest BCUT2D eigenvalue weighted by molar-refractivity contribution is 0.558. The van der Waals surface area contributed by atoms with E-state index < -0.39 is 0 Å². The van der Waals surface area contributed by atoms with Gasteiger partial charge in [-0.2, -0.15) is 0 Å². The summed E-state index contributed by atoms with van der Waals surface area (Å²) in [6, 6.07) is 14.0. The highest BCUT2D eigenvalue weighted by molar-refractivity contribution is 7.16. The van der Waals surface area contributed by atoms with Gasteiger partial charge in [-0.15, -0.1) is 11.3 Å². The van der Waals surface area contributed by atoms with Gasteiger partial charge in [-0.05, 0) is 92.4 Å². The second-order valence-electron chi connectivity index (χ2n) is 7.16. The summed E-state index contributed by atoms with van der Waals surface area (Å²) in [5.41, 5.74) is 9.20. The second kappa shape index (κ2) is 7.67. The Hall–Kier alpha value is -1.71. The average molecular weight is 351 g/mol. The molecule has 1 unspecified atom stereocenters. The third kappa shape index (κ3) is 3.78. The van der Waals surface area contributed by atoms with E-state index in [2.05, 4.69) is 46.7 Å². The van der Waals surface area contributed by atoms with Crippen molar-refractivity contribution in [1.29, 1.82) is 0 Å². The molecule has 0 saturated carbocycles. The van der Waals surface area contributed by atoms with Gasteiger partial charge in [0, 0.05) is 0 Å². The third-order valence-corrected chi connectivity index (χ3v) is 6.32. The number of aromatic nitrogens is 1. The molecule has 0 fully saturated rings. The van der Waals surface area contributed by atoms with Crippen LogP contribution in [0.4, 0.5) is 0 Å². The number of hydrogen-bond acceptors (Lipinski definition) is 3. The van der Waals surface area contributed by atoms with E-state index in [0.717, 1.165) is 18.5 Å². The van der Waals surface area contributed by atoms with Crippen molar-refractivity contribution in [3.05, 3.63) is 64.2 Å². The lowest BCUT2D eigenvalue weighted by atomic mass is 9.89. The number of rotatable bonds is 7. The van der Waals surface area contributed by atoms with Crippen LogP contribution >= 0.6 is 11.3 Å². The van der Waals surface area contributed by atoms with Crippen molar-refractivity contribution in [1.82, 2.24) is 10.3 Å². The van der Waals surface area contributed by atoms with Crippen molar-refractivity contribution in [2.24, 2.45) is 0 Å². The second-order valence-corrected chi connectivity index (χ2v) is 8.05. The quantitative estimate of drug-likeness (QED) is 0.640. The maximum Gasteiger partial charge on any atom is 0.0814 e. The van der Waals surface area contributed by atoms with Crippen LogP contribution in [0, 0.1) is 0 Å². The number of fused-ring (bicyclic) bond motifs is 2. The fraction of sp³-hybridized carbons (Fsp3) is 0.409. The Morgan fingerprint density at radius 1 is 1.08 bits per heavy atom. The van der Waals surface area contributed by atoms with Gasteiger partial charge in [0.15, 0.2) is 0 Å². The molecule has 0 aliphatic heterocycles. The first-order valence-electron chi connectivity index (χ1n) is 9.42. The number of aryl methyl sites for hydroxylation is 3. The summed E-state index contributed by atoms with van der Waals surface area (Å²) >= 11 is 1.72. The van der Waals surface area contributed by atoms with E-state index in [4.69, 9.17) is 0 Å². The van der Waals surface area contributed by atoms with Crippen molar-refractivity contribution in [2.75, 3.05) is 13.6 Å². The van der Waals surface area contributed by atoms with Gasteiger partial charge >= 0.3 is 0 Å². The van der Waals surface area contributed by atoms with Gasteiger partial charge in [-0.3, -0.25) is 0 Å². The number of nitrogens with zero attached hydrogens (tertiary/aromatic N) is 1. The zero-order valence-electron chi connectivity index (χ0n) is 14.9. The average Bonchev–Trinajstić information content (AvgIpc) is 3.29. The van der Waals surface area contributed by atoms with Crippen LogP contribution in [0.15, 0.2) is 41.9 Å². The molecule has 3 aromatic rings. The standard InChI is InChI=1S/C22H26N2S/c1-23-12-11-18(20-9-10-22-21(14-20)24-15-25-22)8-6-16-5-7-17-3-2-4-19(17)13-16/h5,7,9-10,13-15,18,23H,2-4,6,8,11-12H2,1H3. The van der Waals surface area contributed by atoms with Crippen molar-refractivity contribution < 1.29 is 0 Å². The first kappa shape index (κ1) is 16.7. The predicted octanol–water partition coefficient (Wildman–Crippen LogP) is 5.11. The minimum Gasteiger partial charge on any atom is -0.320 e. The molecule has 2 aromatic carbocycles. The molecular weight excluding hydrogens is 324 g/mol. The molecular formula is C22H26N2S. The van der Waals surface area contributed by atoms with Gasteiger partial charge < -0.3 is 5.32 Å². The molecule has 130 valence electrons. The molecule has 25 heavy (non-hydrogen) atoms. The summed E-state index contributed by atoms with van der Waals surface area (Å²) in [6.07, 6.45) is 7.42. The van der Waals surface area contributed by atoms with Crippen LogP contribution in [-0.4, -0.2) is 18.6 Å². The van der Waals surface area contributed by atoms with Crippen LogP contribution in [0.1, 0.15) is 47.4 Å². The highest BCUT2D eigenvalue weighted by atomic mass is 32.1. The first-order valence-corrected chi connectivity index (χ1v) is 10.3. The van der Waals surface area contributed by atoms with Gasteiger partial charge in [0.2, 0.25) is 0 Å². The van der Waals surface area contributed by atoms with E-state index in [9.17, 15) is 0 Å². The van der Waals surface area contributed by atoms with Gasteiger partial charge in [0.1, 0.15) is 0 Å². The van der Waals surface area contributed by atoms with Crippen LogP contribution in [0.25, 0.3) is 10.2 Å². The molecule has 0 saturated heterocycles. The van der Waals surface area contributed by atoms with Crippen molar-refractivity contribution in [3.63, 3.8) is 0 Å². The van der Waals surface area contributed by atoms with Gasteiger partial charge in [-0.1, -0.05) is 24.3 Å². The molecule has 4 rings (SSSR count). The van der Waals surface area contributed by atoms with E-state index in [0.29, 0.717) is 5.92 Å². The van der Waals surface area contributed by atoms with Crippen LogP contribution in [0.2, 0.25) is 0 Å². The van der Waals surface area contributed by atoms with Crippen molar-refractivity contribution in [2.45, 2.75) is 44.4 Å². The van der Waals surface area contributed by atoms with Crippen LogP contribution in [0.5, 0.6) is 0 Å². The summed E-state index contributed by atoms with van der Waals surface area (Å²) in [6.45, 7) is 1.06. The Bertz CT molecular complexity index is 852. The van der Waals surface area contributed by atoms with E-state index in [1.54, 1.807) is 22.5 Å². The Morgan fingerprint density at radius 3 is 2.92 bits per heavy atom. The molecule has 1 aliphatic carbocycles. The molecule has 1 heterocycles. The third-order valence-electron chi connectivity index (χ3n) is 5.51. The lowest BCUT2D eigenvalue weighted by Gasteiger charge is -2.18. The van der Waals surface area contributed by atoms with E-state index in [1.165, 1.54) is 47.9 Å². The summed E-state index contributed by atoms with van der Waals surface area (Å²) in [7, 11) is 2.04. The molecule has 3 heteroatoms. The summed E-state index contributed by atoms with van der Waals surface area (Å²) in [4.78, 5) is 4.50. The molecule has 1 N–H and O–H groups in total. The Labute approximate surface area is 154 Å². The van der Waals surface area contributed by atoms with Crippen molar-refractivity contribution >= 4 is 21.6 Å². The topological polar surface area (TPSA) is 24.9 Å². The summed E-state index contributed by atoms with van der Waals surface area (Å²) in [5, 5.41) is 3.32. The Balaban J connectivity index is 1.50.